The fraction of sp³-hybridized carbons (Fsp3) is 0.162. The smallest absolute Gasteiger partial charge is 0.408 e. The molecule has 2 N–H and O–H groups in total. The lowest BCUT2D eigenvalue weighted by Crippen LogP contribution is -2.49. The van der Waals surface area contributed by atoms with Gasteiger partial charge in [-0.2, -0.15) is 0 Å². The van der Waals surface area contributed by atoms with Gasteiger partial charge in [-0.25, -0.2) is 4.79 Å². The number of carbonyl (C=O) groups is 1. The Balaban J connectivity index is 1.56. The summed E-state index contributed by atoms with van der Waals surface area (Å²) in [4.78, 5) is 13.2. The van der Waals surface area contributed by atoms with E-state index in [1.54, 1.807) is 0 Å². The van der Waals surface area contributed by atoms with Gasteiger partial charge in [-0.1, -0.05) is 152 Å². The van der Waals surface area contributed by atoms with Gasteiger partial charge in [0.15, 0.2) is 0 Å². The molecule has 0 radical (unpaired) electrons. The number of alkyl carbamates (subject to hydrolysis) is 1. The molecule has 1 amide bonds. The number of rotatable bonds is 12. The zero-order valence-electron chi connectivity index (χ0n) is 24.9. The highest BCUT2D eigenvalue weighted by atomic mass is 31.2. The summed E-state index contributed by atoms with van der Waals surface area (Å²) in [7, 11) is -2.32. The maximum Gasteiger partial charge on any atom is 0.408 e. The molecule has 5 aromatic carbocycles. The van der Waals surface area contributed by atoms with Crippen molar-refractivity contribution in [3.8, 4) is 0 Å². The molecule has 0 aliphatic heterocycles. The highest BCUT2D eigenvalue weighted by Gasteiger charge is 2.46. The molecule has 0 aliphatic carbocycles. The van der Waals surface area contributed by atoms with Crippen molar-refractivity contribution in [2.75, 3.05) is 7.11 Å². The van der Waals surface area contributed by atoms with Crippen molar-refractivity contribution in [2.24, 2.45) is 0 Å². The summed E-state index contributed by atoms with van der Waals surface area (Å²) in [5.74, 6) is -1.73. The quantitative estimate of drug-likeness (QED) is 0.110. The Hall–Kier alpha value is -4.48. The summed E-state index contributed by atoms with van der Waals surface area (Å²) in [6.07, 6.45) is -0.687. The number of nitrogens with one attached hydrogen (secondary N) is 2. The molecule has 0 aliphatic rings. The Kier molecular flexibility index (Phi) is 10.1. The van der Waals surface area contributed by atoms with Crippen LogP contribution in [0, 0.1) is 0 Å². The van der Waals surface area contributed by atoms with E-state index in [0.717, 1.165) is 22.3 Å². The molecule has 5 aromatic rings. The van der Waals surface area contributed by atoms with Crippen molar-refractivity contribution in [2.45, 2.75) is 30.6 Å². The minimum atomic E-state index is -3.75. The molecule has 0 saturated heterocycles. The van der Waals surface area contributed by atoms with Crippen LogP contribution in [0.5, 0.6) is 0 Å². The van der Waals surface area contributed by atoms with Gasteiger partial charge in [-0.15, -0.1) is 0 Å². The summed E-state index contributed by atoms with van der Waals surface area (Å²) in [6, 6.07) is 48.9. The first-order valence-electron chi connectivity index (χ1n) is 14.6. The van der Waals surface area contributed by atoms with E-state index in [4.69, 9.17) is 9.26 Å². The van der Waals surface area contributed by atoms with Gasteiger partial charge in [0.25, 0.3) is 0 Å². The van der Waals surface area contributed by atoms with Gasteiger partial charge in [0.1, 0.15) is 12.4 Å². The summed E-state index contributed by atoms with van der Waals surface area (Å²) in [6.45, 7) is 1.93. The van der Waals surface area contributed by atoms with Crippen molar-refractivity contribution in [1.29, 1.82) is 0 Å². The van der Waals surface area contributed by atoms with E-state index in [0.29, 0.717) is 5.56 Å². The molecule has 0 saturated carbocycles. The van der Waals surface area contributed by atoms with Gasteiger partial charge in [0, 0.05) is 7.11 Å². The lowest BCUT2D eigenvalue weighted by molar-refractivity contribution is 0.137. The molecule has 0 aromatic heterocycles. The van der Waals surface area contributed by atoms with E-state index in [2.05, 4.69) is 47.0 Å². The standard InChI is InChI=1S/C37H37N2O4P/c1-29(39-37(32-22-12-5-13-23-32,33-24-14-6-15-25-33)34-26-16-7-17-27-34)44(41,42-2)35(31-20-10-4-11-21-31)38-36(40)43-28-30-18-8-3-9-19-30/h3-27,29,35,39H,28H2,1-2H3,(H,38,40). The average Bonchev–Trinajstić information content (AvgIpc) is 3.10. The van der Waals surface area contributed by atoms with Crippen molar-refractivity contribution in [1.82, 2.24) is 10.6 Å². The third-order valence-electron chi connectivity index (χ3n) is 7.81. The molecule has 0 bridgehead atoms. The van der Waals surface area contributed by atoms with Gasteiger partial charge in [-0.3, -0.25) is 9.88 Å². The Morgan fingerprint density at radius 3 is 1.52 bits per heavy atom. The second-order valence-electron chi connectivity index (χ2n) is 10.5. The first-order chi connectivity index (χ1) is 21.5. The van der Waals surface area contributed by atoms with Crippen molar-refractivity contribution < 1.29 is 18.6 Å². The molecule has 224 valence electrons. The van der Waals surface area contributed by atoms with E-state index in [1.165, 1.54) is 7.11 Å². The Morgan fingerprint density at radius 1 is 0.682 bits per heavy atom. The molecule has 0 fully saturated rings. The Labute approximate surface area is 259 Å². The lowest BCUT2D eigenvalue weighted by Gasteiger charge is -2.42. The van der Waals surface area contributed by atoms with Crippen LogP contribution in [0.15, 0.2) is 152 Å². The van der Waals surface area contributed by atoms with Gasteiger partial charge in [0.2, 0.25) is 7.37 Å². The summed E-state index contributed by atoms with van der Waals surface area (Å²) in [5.41, 5.74) is 3.51. The van der Waals surface area contributed by atoms with E-state index in [-0.39, 0.29) is 6.61 Å². The molecular weight excluding hydrogens is 567 g/mol. The topological polar surface area (TPSA) is 76.7 Å². The van der Waals surface area contributed by atoms with Crippen LogP contribution in [-0.4, -0.2) is 19.0 Å². The fourth-order valence-electron chi connectivity index (χ4n) is 5.60. The predicted molar refractivity (Wildman–Crippen MR) is 175 cm³/mol. The number of benzene rings is 5. The highest BCUT2D eigenvalue weighted by Crippen LogP contribution is 2.62. The lowest BCUT2D eigenvalue weighted by atomic mass is 9.77. The van der Waals surface area contributed by atoms with Crippen LogP contribution >= 0.6 is 7.37 Å². The van der Waals surface area contributed by atoms with E-state index in [1.807, 2.05) is 122 Å². The molecule has 0 heterocycles. The van der Waals surface area contributed by atoms with Crippen LogP contribution in [0.2, 0.25) is 0 Å². The van der Waals surface area contributed by atoms with Crippen LogP contribution in [-0.2, 0) is 26.0 Å². The summed E-state index contributed by atoms with van der Waals surface area (Å²) >= 11 is 0. The Bertz CT molecular complexity index is 1560. The van der Waals surface area contributed by atoms with E-state index >= 15 is 4.57 Å². The Morgan fingerprint density at radius 2 is 1.09 bits per heavy atom. The van der Waals surface area contributed by atoms with E-state index in [9.17, 15) is 4.79 Å². The molecule has 3 atom stereocenters. The third-order valence-corrected chi connectivity index (χ3v) is 10.7. The molecule has 3 unspecified atom stereocenters. The SMILES string of the molecule is COP(=O)(C(C)NC(c1ccccc1)(c1ccccc1)c1ccccc1)C(NC(=O)OCc1ccccc1)c1ccccc1. The van der Waals surface area contributed by atoms with Crippen LogP contribution < -0.4 is 10.6 Å². The number of hydrogen-bond donors (Lipinski definition) is 2. The minimum Gasteiger partial charge on any atom is -0.445 e. The van der Waals surface area contributed by atoms with Crippen molar-refractivity contribution in [3.63, 3.8) is 0 Å². The number of amides is 1. The van der Waals surface area contributed by atoms with Crippen LogP contribution in [0.1, 0.15) is 40.5 Å². The first kappa shape index (κ1) is 31.0. The van der Waals surface area contributed by atoms with Gasteiger partial charge >= 0.3 is 6.09 Å². The monoisotopic (exact) mass is 604 g/mol. The average molecular weight is 605 g/mol. The second kappa shape index (κ2) is 14.3. The van der Waals surface area contributed by atoms with Crippen LogP contribution in [0.3, 0.4) is 0 Å². The molecule has 5 rings (SSSR count). The largest absolute Gasteiger partial charge is 0.445 e. The van der Waals surface area contributed by atoms with Crippen molar-refractivity contribution in [3.05, 3.63) is 179 Å². The third kappa shape index (κ3) is 6.68. The van der Waals surface area contributed by atoms with E-state index < -0.39 is 30.6 Å². The molecular formula is C37H37N2O4P. The first-order valence-corrected chi connectivity index (χ1v) is 16.4. The second-order valence-corrected chi connectivity index (χ2v) is 13.5. The molecule has 44 heavy (non-hydrogen) atoms. The zero-order chi connectivity index (χ0) is 30.8. The normalized spacial score (nSPS) is 14.1. The number of carbonyl (C=O) groups excluding carboxylic acids is 1. The van der Waals surface area contributed by atoms with Gasteiger partial charge < -0.3 is 14.6 Å². The van der Waals surface area contributed by atoms with Crippen LogP contribution in [0.25, 0.3) is 0 Å². The maximum atomic E-state index is 15.2. The molecule has 0 spiro atoms. The fourth-order valence-corrected chi connectivity index (χ4v) is 7.82. The predicted octanol–water partition coefficient (Wildman–Crippen LogP) is 8.46. The zero-order valence-corrected chi connectivity index (χ0v) is 25.8. The van der Waals surface area contributed by atoms with Gasteiger partial charge in [0.05, 0.1) is 11.3 Å². The van der Waals surface area contributed by atoms with Crippen LogP contribution in [0.4, 0.5) is 4.79 Å². The molecule has 7 heteroatoms. The molecule has 6 nitrogen and oxygen atoms in total. The van der Waals surface area contributed by atoms with Gasteiger partial charge in [-0.05, 0) is 34.7 Å². The maximum absolute atomic E-state index is 15.2. The number of ether oxygens (including phenoxy) is 1. The summed E-state index contributed by atoms with van der Waals surface area (Å²) < 4.78 is 26.7. The van der Waals surface area contributed by atoms with Crippen molar-refractivity contribution >= 4 is 13.5 Å². The highest BCUT2D eigenvalue weighted by molar-refractivity contribution is 7.60. The number of hydrogen-bond acceptors (Lipinski definition) is 5. The minimum absolute atomic E-state index is 0.0817. The summed E-state index contributed by atoms with van der Waals surface area (Å²) in [5, 5.41) is 6.66.